The smallest absolute Gasteiger partial charge is 0.269 e. The van der Waals surface area contributed by atoms with Crippen molar-refractivity contribution in [2.24, 2.45) is 0 Å². The molecule has 0 aliphatic rings. The van der Waals surface area contributed by atoms with E-state index < -0.39 is 10.5 Å². The maximum Gasteiger partial charge on any atom is 0.269 e. The number of amides is 1. The zero-order valence-corrected chi connectivity index (χ0v) is 16.2. The normalized spacial score (nSPS) is 11.0. The molecule has 0 saturated carbocycles. The third-order valence-corrected chi connectivity index (χ3v) is 4.83. The number of thioether (sulfide) groups is 1. The van der Waals surface area contributed by atoms with E-state index in [0.29, 0.717) is 17.3 Å². The summed E-state index contributed by atoms with van der Waals surface area (Å²) in [4.78, 5) is 41.7. The van der Waals surface area contributed by atoms with Crippen molar-refractivity contribution in [1.29, 1.82) is 0 Å². The van der Waals surface area contributed by atoms with Gasteiger partial charge in [-0.15, -0.1) is 0 Å². The van der Waals surface area contributed by atoms with E-state index in [2.05, 4.69) is 25.5 Å². The number of aryl methyl sites for hydroxylation is 1. The molecule has 0 fully saturated rings. The van der Waals surface area contributed by atoms with Gasteiger partial charge in [-0.05, 0) is 19.1 Å². The van der Waals surface area contributed by atoms with Crippen molar-refractivity contribution in [3.63, 3.8) is 0 Å². The standard InChI is InChI=1S/C17H13N7O5S/c1-9-6-13(22-29-9)19-14(25)8-30-17-20-15-12(16(26)21-17)7-18-23(15)10-2-4-11(5-3-10)24(27)28/h2-7H,8H2,1H3,(H,19,22,25)(H,20,21,26). The number of nitro groups is 1. The Labute approximate surface area is 171 Å². The van der Waals surface area contributed by atoms with E-state index in [9.17, 15) is 19.7 Å². The summed E-state index contributed by atoms with van der Waals surface area (Å²) in [6.45, 7) is 1.70. The van der Waals surface area contributed by atoms with E-state index in [1.54, 1.807) is 13.0 Å². The minimum Gasteiger partial charge on any atom is -0.360 e. The van der Waals surface area contributed by atoms with Crippen molar-refractivity contribution in [3.8, 4) is 5.69 Å². The Morgan fingerprint density at radius 2 is 2.13 bits per heavy atom. The Balaban J connectivity index is 1.56. The summed E-state index contributed by atoms with van der Waals surface area (Å²) in [5, 5.41) is 21.7. The molecule has 30 heavy (non-hydrogen) atoms. The first-order valence-corrected chi connectivity index (χ1v) is 9.48. The minimum atomic E-state index is -0.506. The molecule has 1 aromatic carbocycles. The zero-order valence-electron chi connectivity index (χ0n) is 15.4. The van der Waals surface area contributed by atoms with Crippen LogP contribution in [-0.2, 0) is 4.79 Å². The van der Waals surface area contributed by atoms with E-state index in [1.165, 1.54) is 35.1 Å². The van der Waals surface area contributed by atoms with Gasteiger partial charge in [0.05, 0.1) is 22.6 Å². The van der Waals surface area contributed by atoms with Crippen LogP contribution in [-0.4, -0.2) is 41.5 Å². The van der Waals surface area contributed by atoms with Crippen molar-refractivity contribution >= 4 is 40.2 Å². The van der Waals surface area contributed by atoms with Gasteiger partial charge in [0, 0.05) is 18.2 Å². The predicted molar refractivity (Wildman–Crippen MR) is 107 cm³/mol. The molecule has 3 heterocycles. The molecule has 0 saturated heterocycles. The number of H-pyrrole nitrogens is 1. The lowest BCUT2D eigenvalue weighted by atomic mass is 10.3. The number of nitro benzene ring substituents is 1. The van der Waals surface area contributed by atoms with Gasteiger partial charge in [0.2, 0.25) is 5.91 Å². The maximum atomic E-state index is 12.4. The summed E-state index contributed by atoms with van der Waals surface area (Å²) < 4.78 is 6.28. The van der Waals surface area contributed by atoms with Crippen molar-refractivity contribution in [1.82, 2.24) is 24.9 Å². The van der Waals surface area contributed by atoms with Crippen LogP contribution in [0.5, 0.6) is 0 Å². The largest absolute Gasteiger partial charge is 0.360 e. The molecule has 0 bridgehead atoms. The van der Waals surface area contributed by atoms with E-state index in [-0.39, 0.29) is 33.5 Å². The van der Waals surface area contributed by atoms with Crippen LogP contribution in [0.1, 0.15) is 5.76 Å². The first-order valence-electron chi connectivity index (χ1n) is 8.49. The van der Waals surface area contributed by atoms with Gasteiger partial charge in [-0.1, -0.05) is 16.9 Å². The molecule has 0 radical (unpaired) electrons. The number of hydrogen-bond acceptors (Lipinski definition) is 9. The third-order valence-electron chi connectivity index (χ3n) is 3.96. The fourth-order valence-electron chi connectivity index (χ4n) is 2.61. The lowest BCUT2D eigenvalue weighted by Crippen LogP contribution is -2.16. The fraction of sp³-hybridized carbons (Fsp3) is 0.118. The molecule has 2 N–H and O–H groups in total. The molecular weight excluding hydrogens is 414 g/mol. The highest BCUT2D eigenvalue weighted by Gasteiger charge is 2.14. The topological polar surface area (TPSA) is 162 Å². The number of non-ortho nitro benzene ring substituents is 1. The highest BCUT2D eigenvalue weighted by Crippen LogP contribution is 2.20. The lowest BCUT2D eigenvalue weighted by molar-refractivity contribution is -0.384. The van der Waals surface area contributed by atoms with Crippen LogP contribution in [0.25, 0.3) is 16.7 Å². The van der Waals surface area contributed by atoms with Crippen LogP contribution in [0, 0.1) is 17.0 Å². The van der Waals surface area contributed by atoms with Crippen molar-refractivity contribution in [3.05, 3.63) is 62.8 Å². The second kappa shape index (κ2) is 7.79. The molecule has 0 aliphatic heterocycles. The van der Waals surface area contributed by atoms with E-state index >= 15 is 0 Å². The van der Waals surface area contributed by atoms with Crippen LogP contribution >= 0.6 is 11.8 Å². The summed E-state index contributed by atoms with van der Waals surface area (Å²) in [6, 6.07) is 7.27. The Morgan fingerprint density at radius 1 is 1.37 bits per heavy atom. The molecule has 0 unspecified atom stereocenters. The average molecular weight is 427 g/mol. The highest BCUT2D eigenvalue weighted by atomic mass is 32.2. The second-order valence-corrected chi connectivity index (χ2v) is 7.06. The van der Waals surface area contributed by atoms with Gasteiger partial charge in [-0.3, -0.25) is 19.7 Å². The molecule has 0 atom stereocenters. The van der Waals surface area contributed by atoms with Crippen molar-refractivity contribution < 1.29 is 14.2 Å². The van der Waals surface area contributed by atoms with Gasteiger partial charge in [0.1, 0.15) is 11.1 Å². The molecule has 1 amide bonds. The van der Waals surface area contributed by atoms with Crippen LogP contribution in [0.2, 0.25) is 0 Å². The van der Waals surface area contributed by atoms with Crippen LogP contribution < -0.4 is 10.9 Å². The first kappa shape index (κ1) is 19.3. The Bertz CT molecular complexity index is 1310. The Kier molecular flexibility index (Phi) is 5.02. The number of rotatable bonds is 6. The van der Waals surface area contributed by atoms with Gasteiger partial charge >= 0.3 is 0 Å². The number of carbonyl (C=O) groups excluding carboxylic acids is 1. The predicted octanol–water partition coefficient (Wildman–Crippen LogP) is 2.04. The number of hydrogen-bond donors (Lipinski definition) is 2. The summed E-state index contributed by atoms with van der Waals surface area (Å²) in [6.07, 6.45) is 1.36. The van der Waals surface area contributed by atoms with Gasteiger partial charge in [-0.2, -0.15) is 5.10 Å². The molecular formula is C17H13N7O5S. The van der Waals surface area contributed by atoms with Crippen molar-refractivity contribution in [2.45, 2.75) is 12.1 Å². The maximum absolute atomic E-state index is 12.4. The third kappa shape index (κ3) is 3.91. The summed E-state index contributed by atoms with van der Waals surface area (Å²) >= 11 is 1.03. The fourth-order valence-corrected chi connectivity index (χ4v) is 3.27. The zero-order chi connectivity index (χ0) is 21.3. The lowest BCUT2D eigenvalue weighted by Gasteiger charge is -2.04. The molecule has 13 heteroatoms. The first-order chi connectivity index (χ1) is 14.4. The number of benzene rings is 1. The van der Waals surface area contributed by atoms with Crippen LogP contribution in [0.4, 0.5) is 11.5 Å². The minimum absolute atomic E-state index is 0.0218. The average Bonchev–Trinajstić information content (AvgIpc) is 3.33. The second-order valence-electron chi connectivity index (χ2n) is 6.10. The van der Waals surface area contributed by atoms with Gasteiger partial charge in [-0.25, -0.2) is 9.67 Å². The summed E-state index contributed by atoms with van der Waals surface area (Å²) in [5.41, 5.74) is 0.292. The monoisotopic (exact) mass is 427 g/mol. The van der Waals surface area contributed by atoms with Crippen LogP contribution in [0.15, 0.2) is 51.0 Å². The number of aromatic nitrogens is 5. The van der Waals surface area contributed by atoms with Gasteiger partial charge in [0.15, 0.2) is 16.6 Å². The number of aromatic amines is 1. The molecule has 0 spiro atoms. The van der Waals surface area contributed by atoms with E-state index in [1.807, 2.05) is 0 Å². The SMILES string of the molecule is Cc1cc(NC(=O)CSc2nc3c(cnn3-c3ccc([N+](=O)[O-])cc3)c(=O)[nH]2)no1. The quantitative estimate of drug-likeness (QED) is 0.203. The highest BCUT2D eigenvalue weighted by molar-refractivity contribution is 7.99. The Morgan fingerprint density at radius 3 is 2.80 bits per heavy atom. The summed E-state index contributed by atoms with van der Waals surface area (Å²) in [7, 11) is 0. The summed E-state index contributed by atoms with van der Waals surface area (Å²) in [5.74, 6) is 0.492. The Hall–Kier alpha value is -4.00. The molecule has 12 nitrogen and oxygen atoms in total. The van der Waals surface area contributed by atoms with Gasteiger partial charge < -0.3 is 14.8 Å². The number of nitrogens with one attached hydrogen (secondary N) is 2. The number of nitrogens with zero attached hydrogens (tertiary/aromatic N) is 5. The molecule has 152 valence electrons. The number of carbonyl (C=O) groups is 1. The number of fused-ring (bicyclic) bond motifs is 1. The van der Waals surface area contributed by atoms with Crippen molar-refractivity contribution in [2.75, 3.05) is 11.1 Å². The van der Waals surface area contributed by atoms with Gasteiger partial charge in [0.25, 0.3) is 11.2 Å². The van der Waals surface area contributed by atoms with E-state index in [0.717, 1.165) is 11.8 Å². The van der Waals surface area contributed by atoms with E-state index in [4.69, 9.17) is 4.52 Å². The molecule has 4 rings (SSSR count). The molecule has 4 aromatic rings. The van der Waals surface area contributed by atoms with Crippen LogP contribution in [0.3, 0.4) is 0 Å². The number of anilines is 1. The molecule has 3 aromatic heterocycles. The molecule has 0 aliphatic carbocycles.